The van der Waals surface area contributed by atoms with Crippen LogP contribution in [0.1, 0.15) is 65.2 Å². The average molecular weight is 859 g/mol. The van der Waals surface area contributed by atoms with Gasteiger partial charge in [-0.2, -0.15) is 0 Å². The summed E-state index contributed by atoms with van der Waals surface area (Å²) in [5.41, 5.74) is 19.4. The zero-order chi connectivity index (χ0) is 44.7. The summed E-state index contributed by atoms with van der Waals surface area (Å²) in [4.78, 5) is 0. The minimum absolute atomic E-state index is 0.723. The molecular weight excluding hydrogens is 801 g/mol. The molecule has 2 heteroatoms. The van der Waals surface area contributed by atoms with Gasteiger partial charge in [0.1, 0.15) is 11.5 Å². The zero-order valence-electron chi connectivity index (χ0n) is 38.4. The van der Waals surface area contributed by atoms with Gasteiger partial charge in [0.15, 0.2) is 0 Å². The third-order valence-corrected chi connectivity index (χ3v) is 13.3. The summed E-state index contributed by atoms with van der Waals surface area (Å²) in [6.45, 7) is 5.95. The Kier molecular flexibility index (Phi) is 12.9. The zero-order valence-corrected chi connectivity index (χ0v) is 38.4. The molecule has 0 saturated carbocycles. The second kappa shape index (κ2) is 19.9. The fourth-order valence-corrected chi connectivity index (χ4v) is 9.99. The molecule has 0 heterocycles. The molecule has 0 fully saturated rings. The standard InChI is InChI=1S/C64H58O2/c1-3-5-7-15-43-65-54-39-35-52(36-40-54)59-60(53-37-41-55(42-38-53)66-44-16-8-6-4-2)62(51-33-29-48(30-34-51)46-21-13-10-14-22-46)64-57-26-18-24-49-23-17-25-56(58(49)57)63(64)61(59)50-31-27-47(28-32-50)45-19-11-9-12-20-45/h9-14,17-42H,3-8,15-16,43-44H2,1-2H3. The molecule has 0 aromatic heterocycles. The first-order valence-corrected chi connectivity index (χ1v) is 24.2. The summed E-state index contributed by atoms with van der Waals surface area (Å²) in [7, 11) is 0. The highest BCUT2D eigenvalue weighted by Crippen LogP contribution is 2.61. The lowest BCUT2D eigenvalue weighted by atomic mass is 9.76. The first kappa shape index (κ1) is 42.8. The summed E-state index contributed by atoms with van der Waals surface area (Å²) in [5, 5.41) is 2.56. The van der Waals surface area contributed by atoms with Crippen LogP contribution in [0.5, 0.6) is 11.5 Å². The minimum atomic E-state index is 0.723. The third kappa shape index (κ3) is 8.69. The van der Waals surface area contributed by atoms with Gasteiger partial charge in [0, 0.05) is 0 Å². The van der Waals surface area contributed by atoms with Crippen molar-refractivity contribution in [1.29, 1.82) is 0 Å². The smallest absolute Gasteiger partial charge is 0.119 e. The molecule has 0 bridgehead atoms. The maximum atomic E-state index is 6.38. The number of hydrogen-bond donors (Lipinski definition) is 0. The van der Waals surface area contributed by atoms with Crippen molar-refractivity contribution in [2.45, 2.75) is 65.2 Å². The lowest BCUT2D eigenvalue weighted by Crippen LogP contribution is -2.01. The molecule has 0 spiro atoms. The van der Waals surface area contributed by atoms with Crippen molar-refractivity contribution in [2.75, 3.05) is 13.2 Å². The Bertz CT molecular complexity index is 2830. The number of hydrogen-bond acceptors (Lipinski definition) is 2. The Labute approximate surface area is 391 Å². The average Bonchev–Trinajstić information content (AvgIpc) is 3.71. The predicted molar refractivity (Wildman–Crippen MR) is 280 cm³/mol. The summed E-state index contributed by atoms with van der Waals surface area (Å²) < 4.78 is 12.8. The van der Waals surface area contributed by atoms with Gasteiger partial charge in [-0.15, -0.1) is 0 Å². The summed E-state index contributed by atoms with van der Waals surface area (Å²) in [6.07, 6.45) is 9.39. The summed E-state index contributed by atoms with van der Waals surface area (Å²) >= 11 is 0. The normalized spacial score (nSPS) is 11.5. The van der Waals surface area contributed by atoms with E-state index in [1.807, 2.05) is 0 Å². The number of unbranched alkanes of at least 4 members (excludes halogenated alkanes) is 6. The number of benzene rings is 9. The molecule has 326 valence electrons. The summed E-state index contributed by atoms with van der Waals surface area (Å²) in [6, 6.07) is 71.4. The van der Waals surface area contributed by atoms with E-state index in [0.29, 0.717) is 0 Å². The van der Waals surface area contributed by atoms with Crippen molar-refractivity contribution in [3.05, 3.63) is 194 Å². The molecule has 9 aromatic rings. The number of rotatable bonds is 18. The van der Waals surface area contributed by atoms with Crippen LogP contribution in [-0.2, 0) is 0 Å². The number of ether oxygens (including phenoxy) is 2. The Balaban J connectivity index is 1.25. The largest absolute Gasteiger partial charge is 0.494 e. The molecule has 0 N–H and O–H groups in total. The first-order valence-electron chi connectivity index (χ1n) is 24.2. The van der Waals surface area contributed by atoms with Crippen molar-refractivity contribution < 1.29 is 9.47 Å². The lowest BCUT2D eigenvalue weighted by molar-refractivity contribution is 0.305. The van der Waals surface area contributed by atoms with Gasteiger partial charge in [-0.3, -0.25) is 0 Å². The molecule has 0 aliphatic heterocycles. The highest BCUT2D eigenvalue weighted by atomic mass is 16.5. The highest BCUT2D eigenvalue weighted by molar-refractivity contribution is 6.25. The fourth-order valence-electron chi connectivity index (χ4n) is 9.99. The molecule has 1 aliphatic carbocycles. The van der Waals surface area contributed by atoms with Gasteiger partial charge >= 0.3 is 0 Å². The van der Waals surface area contributed by atoms with Crippen LogP contribution < -0.4 is 9.47 Å². The van der Waals surface area contributed by atoms with Gasteiger partial charge in [-0.1, -0.05) is 222 Å². The first-order chi connectivity index (χ1) is 32.7. The van der Waals surface area contributed by atoms with Crippen LogP contribution >= 0.6 is 0 Å². The molecule has 0 unspecified atom stereocenters. The van der Waals surface area contributed by atoms with E-state index in [-0.39, 0.29) is 0 Å². The molecule has 0 atom stereocenters. The van der Waals surface area contributed by atoms with Crippen molar-refractivity contribution in [2.24, 2.45) is 0 Å². The molecule has 66 heavy (non-hydrogen) atoms. The van der Waals surface area contributed by atoms with E-state index in [2.05, 4.69) is 208 Å². The Hall–Kier alpha value is -7.16. The van der Waals surface area contributed by atoms with Crippen LogP contribution in [0.25, 0.3) is 99.8 Å². The van der Waals surface area contributed by atoms with Gasteiger partial charge in [0.2, 0.25) is 0 Å². The molecule has 1 aliphatic rings. The molecule has 2 nitrogen and oxygen atoms in total. The van der Waals surface area contributed by atoms with E-state index >= 15 is 0 Å². The maximum absolute atomic E-state index is 6.38. The van der Waals surface area contributed by atoms with Crippen molar-refractivity contribution >= 4 is 10.8 Å². The van der Waals surface area contributed by atoms with Gasteiger partial charge in [0.25, 0.3) is 0 Å². The molecule has 10 rings (SSSR count). The molecule has 0 amide bonds. The quantitative estimate of drug-likeness (QED) is 0.0801. The molecule has 0 saturated heterocycles. The fraction of sp³-hybridized carbons (Fsp3) is 0.188. The Morgan fingerprint density at radius 2 is 0.606 bits per heavy atom. The summed E-state index contributed by atoms with van der Waals surface area (Å²) in [5.74, 6) is 1.81. The topological polar surface area (TPSA) is 18.5 Å². The van der Waals surface area contributed by atoms with Crippen LogP contribution in [0.3, 0.4) is 0 Å². The van der Waals surface area contributed by atoms with Crippen molar-refractivity contribution in [3.8, 4) is 101 Å². The number of fused-ring (bicyclic) bond motifs is 3. The van der Waals surface area contributed by atoms with E-state index in [0.717, 1.165) is 48.7 Å². The monoisotopic (exact) mass is 858 g/mol. The van der Waals surface area contributed by atoms with Crippen molar-refractivity contribution in [3.63, 3.8) is 0 Å². The SMILES string of the molecule is CCCCCCOc1ccc(-c2c(-c3ccc(OCCCCCC)cc3)c(-c3ccc(-c4ccccc4)cc3)c3c(c2-c2ccc(-c4ccccc4)cc2)-c2cccc4cccc-3c24)cc1. The maximum Gasteiger partial charge on any atom is 0.119 e. The van der Waals surface area contributed by atoms with E-state index in [1.165, 1.54) is 127 Å². The van der Waals surface area contributed by atoms with E-state index in [1.54, 1.807) is 0 Å². The highest BCUT2D eigenvalue weighted by Gasteiger charge is 2.34. The third-order valence-electron chi connectivity index (χ3n) is 13.3. The molecule has 9 aromatic carbocycles. The van der Waals surface area contributed by atoms with Gasteiger partial charge in [-0.05, 0) is 137 Å². The van der Waals surface area contributed by atoms with Crippen LogP contribution in [0.15, 0.2) is 194 Å². The van der Waals surface area contributed by atoms with Gasteiger partial charge in [0.05, 0.1) is 13.2 Å². The van der Waals surface area contributed by atoms with Gasteiger partial charge < -0.3 is 9.47 Å². The second-order valence-electron chi connectivity index (χ2n) is 17.7. The van der Waals surface area contributed by atoms with Crippen LogP contribution in [0.4, 0.5) is 0 Å². The minimum Gasteiger partial charge on any atom is -0.494 e. The Morgan fingerprint density at radius 3 is 0.985 bits per heavy atom. The molecular formula is C64H58O2. The second-order valence-corrected chi connectivity index (χ2v) is 17.7. The Morgan fingerprint density at radius 1 is 0.273 bits per heavy atom. The van der Waals surface area contributed by atoms with Crippen molar-refractivity contribution in [1.82, 2.24) is 0 Å². The van der Waals surface area contributed by atoms with Crippen LogP contribution in [0.2, 0.25) is 0 Å². The lowest BCUT2D eigenvalue weighted by Gasteiger charge is -2.26. The molecule has 0 radical (unpaired) electrons. The van der Waals surface area contributed by atoms with E-state index in [4.69, 9.17) is 9.47 Å². The van der Waals surface area contributed by atoms with Crippen LogP contribution in [-0.4, -0.2) is 13.2 Å². The van der Waals surface area contributed by atoms with E-state index in [9.17, 15) is 0 Å². The predicted octanol–water partition coefficient (Wildman–Crippen LogP) is 18.4. The van der Waals surface area contributed by atoms with Crippen LogP contribution in [0, 0.1) is 0 Å². The van der Waals surface area contributed by atoms with Gasteiger partial charge in [-0.25, -0.2) is 0 Å². The van der Waals surface area contributed by atoms with E-state index < -0.39 is 0 Å².